The first-order valence-corrected chi connectivity index (χ1v) is 5.61. The lowest BCUT2D eigenvalue weighted by Crippen LogP contribution is -2.09. The predicted molar refractivity (Wildman–Crippen MR) is 65.0 cm³/mol. The second-order valence-electron chi connectivity index (χ2n) is 4.02. The van der Waals surface area contributed by atoms with Crippen LogP contribution in [0.1, 0.15) is 34.2 Å². The van der Waals surface area contributed by atoms with Gasteiger partial charge in [0.1, 0.15) is 5.69 Å². The maximum absolute atomic E-state index is 12.3. The molecule has 0 aliphatic heterocycles. The number of nitrogens with zero attached hydrogens (tertiary/aromatic N) is 3. The molecule has 17 heavy (non-hydrogen) atoms. The minimum atomic E-state index is -0.0229. The first-order chi connectivity index (χ1) is 8.13. The normalized spacial score (nSPS) is 10.5. The van der Waals surface area contributed by atoms with E-state index >= 15 is 0 Å². The molecular weight excluding hydrogens is 214 g/mol. The Bertz CT molecular complexity index is 558. The lowest BCUT2D eigenvalue weighted by atomic mass is 10.1. The Morgan fingerprint density at radius 2 is 2.24 bits per heavy atom. The van der Waals surface area contributed by atoms with Gasteiger partial charge in [-0.05, 0) is 31.0 Å². The van der Waals surface area contributed by atoms with Crippen molar-refractivity contribution in [2.75, 3.05) is 0 Å². The third-order valence-corrected chi connectivity index (χ3v) is 2.81. The Morgan fingerprint density at radius 1 is 1.47 bits per heavy atom. The van der Waals surface area contributed by atoms with Crippen molar-refractivity contribution in [2.24, 2.45) is 7.05 Å². The van der Waals surface area contributed by atoms with Crippen molar-refractivity contribution in [1.29, 1.82) is 0 Å². The third kappa shape index (κ3) is 2.11. The summed E-state index contributed by atoms with van der Waals surface area (Å²) in [5.41, 5.74) is 3.11. The van der Waals surface area contributed by atoms with Crippen molar-refractivity contribution < 1.29 is 4.79 Å². The average Bonchev–Trinajstić information content (AvgIpc) is 2.70. The van der Waals surface area contributed by atoms with E-state index in [1.807, 2.05) is 26.0 Å². The molecule has 0 radical (unpaired) electrons. The zero-order valence-corrected chi connectivity index (χ0v) is 10.3. The minimum absolute atomic E-state index is 0.0229. The lowest BCUT2D eigenvalue weighted by Gasteiger charge is -2.03. The summed E-state index contributed by atoms with van der Waals surface area (Å²) in [6, 6.07) is 3.68. The number of carbonyl (C=O) groups is 1. The van der Waals surface area contributed by atoms with Crippen LogP contribution in [-0.2, 0) is 13.5 Å². The van der Waals surface area contributed by atoms with E-state index in [4.69, 9.17) is 0 Å². The second kappa shape index (κ2) is 4.49. The summed E-state index contributed by atoms with van der Waals surface area (Å²) < 4.78 is 1.63. The van der Waals surface area contributed by atoms with Crippen LogP contribution in [0.5, 0.6) is 0 Å². The van der Waals surface area contributed by atoms with E-state index in [1.165, 1.54) is 0 Å². The predicted octanol–water partition coefficient (Wildman–Crippen LogP) is 1.92. The van der Waals surface area contributed by atoms with Crippen molar-refractivity contribution in [3.05, 3.63) is 47.0 Å². The van der Waals surface area contributed by atoms with Gasteiger partial charge in [0, 0.05) is 25.0 Å². The summed E-state index contributed by atoms with van der Waals surface area (Å²) in [6.07, 6.45) is 4.12. The summed E-state index contributed by atoms with van der Waals surface area (Å²) in [6.45, 7) is 3.93. The number of hydrogen-bond acceptors (Lipinski definition) is 3. The van der Waals surface area contributed by atoms with E-state index in [2.05, 4.69) is 10.1 Å². The molecule has 0 unspecified atom stereocenters. The van der Waals surface area contributed by atoms with Gasteiger partial charge in [-0.3, -0.25) is 14.5 Å². The standard InChI is InChI=1S/C13H15N3O/c1-4-10-7-12(16(3)15-10)13(17)11-8-14-6-5-9(11)2/h5-8H,4H2,1-3H3. The zero-order chi connectivity index (χ0) is 12.4. The molecule has 0 saturated carbocycles. The topological polar surface area (TPSA) is 47.8 Å². The number of rotatable bonds is 3. The van der Waals surface area contributed by atoms with Crippen LogP contribution in [0.3, 0.4) is 0 Å². The number of carbonyl (C=O) groups excluding carboxylic acids is 1. The molecule has 0 amide bonds. The Hall–Kier alpha value is -1.97. The molecule has 0 aromatic carbocycles. The number of hydrogen-bond donors (Lipinski definition) is 0. The molecule has 0 N–H and O–H groups in total. The van der Waals surface area contributed by atoms with Crippen LogP contribution in [0.2, 0.25) is 0 Å². The molecule has 88 valence electrons. The van der Waals surface area contributed by atoms with Gasteiger partial charge in [-0.1, -0.05) is 6.92 Å². The Balaban J connectivity index is 2.44. The molecule has 4 nitrogen and oxygen atoms in total. The van der Waals surface area contributed by atoms with Crippen LogP contribution < -0.4 is 0 Å². The number of aromatic nitrogens is 3. The third-order valence-electron chi connectivity index (χ3n) is 2.81. The molecule has 2 aromatic heterocycles. The van der Waals surface area contributed by atoms with Crippen LogP contribution in [-0.4, -0.2) is 20.5 Å². The zero-order valence-electron chi connectivity index (χ0n) is 10.3. The highest BCUT2D eigenvalue weighted by atomic mass is 16.1. The van der Waals surface area contributed by atoms with E-state index in [0.29, 0.717) is 11.3 Å². The highest BCUT2D eigenvalue weighted by molar-refractivity contribution is 6.08. The van der Waals surface area contributed by atoms with Crippen molar-refractivity contribution in [1.82, 2.24) is 14.8 Å². The maximum Gasteiger partial charge on any atom is 0.212 e. The van der Waals surface area contributed by atoms with Crippen molar-refractivity contribution in [2.45, 2.75) is 20.3 Å². The van der Waals surface area contributed by atoms with Crippen molar-refractivity contribution in [3.8, 4) is 0 Å². The van der Waals surface area contributed by atoms with Crippen LogP contribution in [0, 0.1) is 6.92 Å². The van der Waals surface area contributed by atoms with Crippen LogP contribution in [0.4, 0.5) is 0 Å². The fourth-order valence-corrected chi connectivity index (χ4v) is 1.75. The molecular formula is C13H15N3O. The summed E-state index contributed by atoms with van der Waals surface area (Å²) in [4.78, 5) is 16.3. The molecule has 0 aliphatic rings. The number of pyridine rings is 1. The van der Waals surface area contributed by atoms with E-state index in [1.54, 1.807) is 24.1 Å². The maximum atomic E-state index is 12.3. The Kier molecular flexibility index (Phi) is 3.04. The van der Waals surface area contributed by atoms with Crippen molar-refractivity contribution >= 4 is 5.78 Å². The largest absolute Gasteiger partial charge is 0.287 e. The van der Waals surface area contributed by atoms with E-state index < -0.39 is 0 Å². The highest BCUT2D eigenvalue weighted by Gasteiger charge is 2.16. The number of ketones is 1. The summed E-state index contributed by atoms with van der Waals surface area (Å²) >= 11 is 0. The van der Waals surface area contributed by atoms with Gasteiger partial charge in [-0.2, -0.15) is 5.10 Å². The number of aryl methyl sites for hydroxylation is 3. The first-order valence-electron chi connectivity index (χ1n) is 5.61. The van der Waals surface area contributed by atoms with Crippen LogP contribution >= 0.6 is 0 Å². The van der Waals surface area contributed by atoms with Gasteiger partial charge >= 0.3 is 0 Å². The fourth-order valence-electron chi connectivity index (χ4n) is 1.75. The van der Waals surface area contributed by atoms with Gasteiger partial charge in [0.15, 0.2) is 0 Å². The monoisotopic (exact) mass is 229 g/mol. The lowest BCUT2D eigenvalue weighted by molar-refractivity contribution is 0.102. The molecule has 0 spiro atoms. The van der Waals surface area contributed by atoms with Crippen molar-refractivity contribution in [3.63, 3.8) is 0 Å². The van der Waals surface area contributed by atoms with E-state index in [0.717, 1.165) is 17.7 Å². The summed E-state index contributed by atoms with van der Waals surface area (Å²) in [5, 5.41) is 4.28. The molecule has 2 rings (SSSR count). The average molecular weight is 229 g/mol. The quantitative estimate of drug-likeness (QED) is 0.755. The SMILES string of the molecule is CCc1cc(C(=O)c2cnccc2C)n(C)n1. The summed E-state index contributed by atoms with van der Waals surface area (Å²) in [5.74, 6) is -0.0229. The highest BCUT2D eigenvalue weighted by Crippen LogP contribution is 2.13. The Morgan fingerprint density at radius 3 is 2.82 bits per heavy atom. The molecule has 0 fully saturated rings. The van der Waals surface area contributed by atoms with E-state index in [9.17, 15) is 4.79 Å². The molecule has 2 heterocycles. The molecule has 0 bridgehead atoms. The van der Waals surface area contributed by atoms with E-state index in [-0.39, 0.29) is 5.78 Å². The van der Waals surface area contributed by atoms with Gasteiger partial charge in [0.2, 0.25) is 5.78 Å². The molecule has 0 saturated heterocycles. The van der Waals surface area contributed by atoms with Gasteiger partial charge < -0.3 is 0 Å². The van der Waals surface area contributed by atoms with Crippen LogP contribution in [0.25, 0.3) is 0 Å². The molecule has 4 heteroatoms. The Labute approximate surface area is 100 Å². The fraction of sp³-hybridized carbons (Fsp3) is 0.308. The molecule has 2 aromatic rings. The van der Waals surface area contributed by atoms with Gasteiger partial charge in [0.25, 0.3) is 0 Å². The minimum Gasteiger partial charge on any atom is -0.287 e. The smallest absolute Gasteiger partial charge is 0.212 e. The summed E-state index contributed by atoms with van der Waals surface area (Å²) in [7, 11) is 1.79. The van der Waals surface area contributed by atoms with Gasteiger partial charge in [-0.15, -0.1) is 0 Å². The molecule has 0 atom stereocenters. The molecule has 0 aliphatic carbocycles. The first kappa shape index (κ1) is 11.5. The van der Waals surface area contributed by atoms with Gasteiger partial charge in [0.05, 0.1) is 5.69 Å². The van der Waals surface area contributed by atoms with Crippen LogP contribution in [0.15, 0.2) is 24.5 Å². The second-order valence-corrected chi connectivity index (χ2v) is 4.02. The van der Waals surface area contributed by atoms with Gasteiger partial charge in [-0.25, -0.2) is 0 Å².